The van der Waals surface area contributed by atoms with Gasteiger partial charge in [-0.15, -0.1) is 0 Å². The van der Waals surface area contributed by atoms with Gasteiger partial charge in [0.2, 0.25) is 5.91 Å². The van der Waals surface area contributed by atoms with E-state index in [0.717, 1.165) is 43.7 Å². The minimum absolute atomic E-state index is 0.163. The Morgan fingerprint density at radius 1 is 1.42 bits per heavy atom. The summed E-state index contributed by atoms with van der Waals surface area (Å²) in [5.41, 5.74) is 5.36. The van der Waals surface area contributed by atoms with E-state index in [9.17, 15) is 4.79 Å². The van der Waals surface area contributed by atoms with E-state index in [0.29, 0.717) is 4.99 Å². The Kier molecular flexibility index (Phi) is 6.60. The Morgan fingerprint density at radius 3 is 2.42 bits per heavy atom. The highest BCUT2D eigenvalue weighted by atomic mass is 32.2. The van der Waals surface area contributed by atoms with Crippen LogP contribution < -0.4 is 5.73 Å². The molecule has 1 rings (SSSR count). The van der Waals surface area contributed by atoms with E-state index in [4.69, 9.17) is 18.0 Å². The molecule has 1 heterocycles. The molecule has 0 aromatic carbocycles. The van der Waals surface area contributed by atoms with E-state index in [-0.39, 0.29) is 11.9 Å². The standard InChI is InChI=1S/C14H26N2OS2/c1-4-6-14(7-5-2,12(15)18)13(17)16-8-9-19-10-11(16)3/h11H,4-10H2,1-3H3,(H2,15,18). The first-order valence-corrected chi connectivity index (χ1v) is 8.74. The van der Waals surface area contributed by atoms with E-state index >= 15 is 0 Å². The second kappa shape index (κ2) is 7.48. The van der Waals surface area contributed by atoms with Crippen molar-refractivity contribution in [2.45, 2.75) is 52.5 Å². The van der Waals surface area contributed by atoms with E-state index in [1.54, 1.807) is 0 Å². The van der Waals surface area contributed by atoms with Crippen LogP contribution in [0.5, 0.6) is 0 Å². The minimum atomic E-state index is -0.616. The van der Waals surface area contributed by atoms with Crippen molar-refractivity contribution in [3.63, 3.8) is 0 Å². The molecule has 2 N–H and O–H groups in total. The lowest BCUT2D eigenvalue weighted by atomic mass is 9.77. The van der Waals surface area contributed by atoms with E-state index < -0.39 is 5.41 Å². The van der Waals surface area contributed by atoms with Crippen molar-refractivity contribution < 1.29 is 4.79 Å². The molecule has 110 valence electrons. The molecule has 1 amide bonds. The number of nitrogens with two attached hydrogens (primary N) is 1. The van der Waals surface area contributed by atoms with E-state index in [1.165, 1.54) is 0 Å². The minimum Gasteiger partial charge on any atom is -0.392 e. The van der Waals surface area contributed by atoms with Crippen LogP contribution in [-0.4, -0.2) is 39.9 Å². The molecule has 1 saturated heterocycles. The number of carbonyl (C=O) groups is 1. The maximum Gasteiger partial charge on any atom is 0.235 e. The van der Waals surface area contributed by atoms with Crippen molar-refractivity contribution in [1.29, 1.82) is 0 Å². The van der Waals surface area contributed by atoms with Crippen LogP contribution in [0.15, 0.2) is 0 Å². The summed E-state index contributed by atoms with van der Waals surface area (Å²) in [7, 11) is 0. The smallest absolute Gasteiger partial charge is 0.235 e. The van der Waals surface area contributed by atoms with Crippen LogP contribution in [0.1, 0.15) is 46.5 Å². The molecule has 0 aromatic heterocycles. The van der Waals surface area contributed by atoms with Crippen molar-refractivity contribution in [3.8, 4) is 0 Å². The van der Waals surface area contributed by atoms with Gasteiger partial charge in [0.25, 0.3) is 0 Å². The van der Waals surface area contributed by atoms with Crippen molar-refractivity contribution in [1.82, 2.24) is 4.90 Å². The normalized spacial score (nSPS) is 20.4. The zero-order chi connectivity index (χ0) is 14.5. The third-order valence-electron chi connectivity index (χ3n) is 3.86. The Morgan fingerprint density at radius 2 is 2.00 bits per heavy atom. The average molecular weight is 303 g/mol. The third kappa shape index (κ3) is 3.63. The molecular formula is C14H26N2OS2. The Bertz CT molecular complexity index is 327. The van der Waals surface area contributed by atoms with Gasteiger partial charge in [-0.25, -0.2) is 0 Å². The Hall–Kier alpha value is -0.290. The summed E-state index contributed by atoms with van der Waals surface area (Å²) in [5.74, 6) is 2.19. The monoisotopic (exact) mass is 302 g/mol. The SMILES string of the molecule is CCCC(CCC)(C(=O)N1CCSCC1C)C(N)=S. The van der Waals surface area contributed by atoms with E-state index in [2.05, 4.69) is 20.8 Å². The van der Waals surface area contributed by atoms with Crippen molar-refractivity contribution in [2.24, 2.45) is 11.1 Å². The van der Waals surface area contributed by atoms with Gasteiger partial charge in [-0.1, -0.05) is 38.9 Å². The van der Waals surface area contributed by atoms with Crippen molar-refractivity contribution >= 4 is 34.9 Å². The third-order valence-corrected chi connectivity index (χ3v) is 5.44. The fourth-order valence-corrected chi connectivity index (χ4v) is 4.15. The molecule has 1 fully saturated rings. The highest BCUT2D eigenvalue weighted by molar-refractivity contribution is 7.99. The summed E-state index contributed by atoms with van der Waals surface area (Å²) in [6, 6.07) is 0.286. The maximum absolute atomic E-state index is 13.0. The van der Waals surface area contributed by atoms with Gasteiger partial charge in [-0.2, -0.15) is 11.8 Å². The molecular weight excluding hydrogens is 276 g/mol. The van der Waals surface area contributed by atoms with Gasteiger partial charge in [0.05, 0.1) is 10.4 Å². The second-order valence-corrected chi connectivity index (χ2v) is 6.96. The van der Waals surface area contributed by atoms with Crippen LogP contribution in [0.2, 0.25) is 0 Å². The number of amides is 1. The second-order valence-electron chi connectivity index (χ2n) is 5.37. The van der Waals surface area contributed by atoms with Crippen LogP contribution >= 0.6 is 24.0 Å². The summed E-state index contributed by atoms with van der Waals surface area (Å²) in [6.07, 6.45) is 3.40. The van der Waals surface area contributed by atoms with Crippen molar-refractivity contribution in [3.05, 3.63) is 0 Å². The van der Waals surface area contributed by atoms with Crippen molar-refractivity contribution in [2.75, 3.05) is 18.1 Å². The van der Waals surface area contributed by atoms with Crippen LogP contribution in [0.3, 0.4) is 0 Å². The molecule has 1 aliphatic heterocycles. The molecule has 19 heavy (non-hydrogen) atoms. The molecule has 3 nitrogen and oxygen atoms in total. The lowest BCUT2D eigenvalue weighted by Crippen LogP contribution is -2.55. The van der Waals surface area contributed by atoms with Gasteiger partial charge in [0, 0.05) is 24.1 Å². The predicted molar refractivity (Wildman–Crippen MR) is 87.5 cm³/mol. The number of carbonyl (C=O) groups excluding carboxylic acids is 1. The number of hydrogen-bond donors (Lipinski definition) is 1. The molecule has 0 bridgehead atoms. The molecule has 1 atom stereocenters. The summed E-state index contributed by atoms with van der Waals surface area (Å²) in [6.45, 7) is 7.12. The molecule has 0 saturated carbocycles. The zero-order valence-electron chi connectivity index (χ0n) is 12.3. The molecule has 0 aromatic rings. The number of nitrogens with zero attached hydrogens (tertiary/aromatic N) is 1. The van der Waals surface area contributed by atoms with Crippen LogP contribution in [0.4, 0.5) is 0 Å². The molecule has 1 aliphatic rings. The zero-order valence-corrected chi connectivity index (χ0v) is 13.9. The van der Waals surface area contributed by atoms with Gasteiger partial charge in [-0.3, -0.25) is 4.79 Å². The number of hydrogen-bond acceptors (Lipinski definition) is 3. The molecule has 0 radical (unpaired) electrons. The molecule has 0 spiro atoms. The van der Waals surface area contributed by atoms with Crippen LogP contribution in [0, 0.1) is 5.41 Å². The topological polar surface area (TPSA) is 46.3 Å². The maximum atomic E-state index is 13.0. The van der Waals surface area contributed by atoms with Crippen LogP contribution in [-0.2, 0) is 4.79 Å². The van der Waals surface area contributed by atoms with Gasteiger partial charge >= 0.3 is 0 Å². The fraction of sp³-hybridized carbons (Fsp3) is 0.857. The highest BCUT2D eigenvalue weighted by Gasteiger charge is 2.43. The summed E-state index contributed by atoms with van der Waals surface area (Å²) in [5, 5.41) is 0. The Labute approximate surface area is 126 Å². The quantitative estimate of drug-likeness (QED) is 0.766. The largest absolute Gasteiger partial charge is 0.392 e. The Balaban J connectivity index is 3.01. The highest BCUT2D eigenvalue weighted by Crippen LogP contribution is 2.34. The lowest BCUT2D eigenvalue weighted by molar-refractivity contribution is -0.140. The van der Waals surface area contributed by atoms with Gasteiger partial charge in [-0.05, 0) is 19.8 Å². The number of rotatable bonds is 6. The first kappa shape index (κ1) is 16.8. The van der Waals surface area contributed by atoms with Gasteiger partial charge in [0.1, 0.15) is 0 Å². The van der Waals surface area contributed by atoms with Gasteiger partial charge in [0.15, 0.2) is 0 Å². The first-order chi connectivity index (χ1) is 8.99. The molecule has 5 heteroatoms. The van der Waals surface area contributed by atoms with Gasteiger partial charge < -0.3 is 10.6 Å². The summed E-state index contributed by atoms with van der Waals surface area (Å²) in [4.78, 5) is 15.4. The lowest BCUT2D eigenvalue weighted by Gasteiger charge is -2.41. The number of thioether (sulfide) groups is 1. The fourth-order valence-electron chi connectivity index (χ4n) is 2.85. The number of thiocarbonyl (C=S) groups is 1. The molecule has 1 unspecified atom stereocenters. The summed E-state index contributed by atoms with van der Waals surface area (Å²) < 4.78 is 0. The predicted octanol–water partition coefficient (Wildman–Crippen LogP) is 2.82. The summed E-state index contributed by atoms with van der Waals surface area (Å²) >= 11 is 7.18. The first-order valence-electron chi connectivity index (χ1n) is 7.18. The molecule has 0 aliphatic carbocycles. The van der Waals surface area contributed by atoms with E-state index in [1.807, 2.05) is 16.7 Å². The average Bonchev–Trinajstić information content (AvgIpc) is 2.38. The van der Waals surface area contributed by atoms with Crippen LogP contribution in [0.25, 0.3) is 0 Å².